The molecule has 0 saturated carbocycles. The van der Waals surface area contributed by atoms with Crippen LogP contribution in [0, 0.1) is 0 Å². The van der Waals surface area contributed by atoms with Crippen molar-refractivity contribution < 1.29 is 0 Å². The van der Waals surface area contributed by atoms with Gasteiger partial charge >= 0.3 is 0 Å². The monoisotopic (exact) mass is 259 g/mol. The Labute approximate surface area is 108 Å². The molecule has 0 aliphatic carbocycles. The van der Waals surface area contributed by atoms with Gasteiger partial charge < -0.3 is 5.73 Å². The molecule has 0 fully saturated rings. The molecule has 18 heavy (non-hydrogen) atoms. The molecular weight excluding hydrogens is 246 g/mol. The Kier molecular flexibility index (Phi) is 2.81. The molecule has 0 aliphatic rings. The molecule has 0 aliphatic heterocycles. The van der Waals surface area contributed by atoms with Gasteiger partial charge in [0.05, 0.1) is 28.7 Å². The van der Waals surface area contributed by atoms with Crippen LogP contribution in [0.5, 0.6) is 0 Å². The van der Waals surface area contributed by atoms with Crippen LogP contribution in [0.3, 0.4) is 0 Å². The maximum absolute atomic E-state index is 5.75. The molecule has 3 aromatic rings. The third-order valence-corrected chi connectivity index (χ3v) is 3.68. The van der Waals surface area contributed by atoms with Crippen LogP contribution in [0.25, 0.3) is 10.2 Å². The number of para-hydroxylation sites is 1. The summed E-state index contributed by atoms with van der Waals surface area (Å²) in [6.45, 7) is 2.53. The van der Waals surface area contributed by atoms with Crippen LogP contribution in [0.1, 0.15) is 23.7 Å². The molecule has 0 saturated heterocycles. The van der Waals surface area contributed by atoms with Crippen LogP contribution in [0.2, 0.25) is 0 Å². The quantitative estimate of drug-likeness (QED) is 0.780. The Morgan fingerprint density at radius 1 is 1.39 bits per heavy atom. The summed E-state index contributed by atoms with van der Waals surface area (Å²) in [5.74, 6) is 0. The molecule has 0 spiro atoms. The van der Waals surface area contributed by atoms with Crippen LogP contribution < -0.4 is 5.73 Å². The SMILES string of the molecule is CC(N)c1cn(Cc2nc3ccccc3s2)nn1. The molecule has 0 bridgehead atoms. The van der Waals surface area contributed by atoms with Gasteiger partial charge in [-0.15, -0.1) is 16.4 Å². The third kappa shape index (κ3) is 2.12. The van der Waals surface area contributed by atoms with E-state index in [2.05, 4.69) is 21.4 Å². The van der Waals surface area contributed by atoms with E-state index >= 15 is 0 Å². The summed E-state index contributed by atoms with van der Waals surface area (Å²) >= 11 is 1.68. The number of hydrogen-bond donors (Lipinski definition) is 1. The average molecular weight is 259 g/mol. The van der Waals surface area contributed by atoms with E-state index in [1.54, 1.807) is 16.0 Å². The summed E-state index contributed by atoms with van der Waals surface area (Å²) in [6, 6.07) is 8.02. The minimum atomic E-state index is -0.0888. The first-order chi connectivity index (χ1) is 8.72. The van der Waals surface area contributed by atoms with Crippen LogP contribution in [0.15, 0.2) is 30.5 Å². The van der Waals surface area contributed by atoms with E-state index in [9.17, 15) is 0 Å². The first-order valence-corrected chi connectivity index (χ1v) is 6.54. The lowest BCUT2D eigenvalue weighted by Gasteiger charge is -1.96. The van der Waals surface area contributed by atoms with E-state index in [1.807, 2.05) is 31.3 Å². The van der Waals surface area contributed by atoms with Crippen LogP contribution in [0.4, 0.5) is 0 Å². The Hall–Kier alpha value is -1.79. The highest BCUT2D eigenvalue weighted by Gasteiger charge is 2.08. The summed E-state index contributed by atoms with van der Waals surface area (Å²) in [5.41, 5.74) is 7.59. The second kappa shape index (κ2) is 4.47. The Bertz CT molecular complexity index is 637. The fourth-order valence-electron chi connectivity index (χ4n) is 1.73. The maximum Gasteiger partial charge on any atom is 0.115 e. The molecule has 5 nitrogen and oxygen atoms in total. The van der Waals surface area contributed by atoms with Gasteiger partial charge in [-0.25, -0.2) is 9.67 Å². The van der Waals surface area contributed by atoms with E-state index in [0.29, 0.717) is 6.54 Å². The van der Waals surface area contributed by atoms with Gasteiger partial charge in [-0.2, -0.15) is 0 Å². The number of thiazole rings is 1. The number of aromatic nitrogens is 4. The number of nitrogens with zero attached hydrogens (tertiary/aromatic N) is 4. The van der Waals surface area contributed by atoms with E-state index < -0.39 is 0 Å². The molecule has 6 heteroatoms. The molecule has 1 atom stereocenters. The molecular formula is C12H13N5S. The summed E-state index contributed by atoms with van der Waals surface area (Å²) in [7, 11) is 0. The zero-order valence-corrected chi connectivity index (χ0v) is 10.8. The largest absolute Gasteiger partial charge is 0.323 e. The average Bonchev–Trinajstić information content (AvgIpc) is 2.94. The van der Waals surface area contributed by atoms with Gasteiger partial charge in [0.2, 0.25) is 0 Å². The minimum Gasteiger partial charge on any atom is -0.323 e. The first-order valence-electron chi connectivity index (χ1n) is 5.72. The van der Waals surface area contributed by atoms with Crippen LogP contribution in [-0.2, 0) is 6.54 Å². The third-order valence-electron chi connectivity index (χ3n) is 2.66. The van der Waals surface area contributed by atoms with Gasteiger partial charge in [0, 0.05) is 6.04 Å². The second-order valence-electron chi connectivity index (χ2n) is 4.20. The van der Waals surface area contributed by atoms with Crippen molar-refractivity contribution in [2.24, 2.45) is 5.73 Å². The van der Waals surface area contributed by atoms with E-state index in [1.165, 1.54) is 4.70 Å². The Morgan fingerprint density at radius 2 is 2.22 bits per heavy atom. The number of fused-ring (bicyclic) bond motifs is 1. The maximum atomic E-state index is 5.75. The van der Waals surface area contributed by atoms with Crippen LogP contribution in [-0.4, -0.2) is 20.0 Å². The highest BCUT2D eigenvalue weighted by Crippen LogP contribution is 2.22. The first kappa shape index (κ1) is 11.3. The summed E-state index contributed by atoms with van der Waals surface area (Å²) in [4.78, 5) is 4.56. The standard InChI is InChI=1S/C12H13N5S/c1-8(13)10-6-17(16-15-10)7-12-14-9-4-2-3-5-11(9)18-12/h2-6,8H,7,13H2,1H3. The van der Waals surface area contributed by atoms with Gasteiger partial charge in [0.1, 0.15) is 5.01 Å². The lowest BCUT2D eigenvalue weighted by atomic mass is 10.3. The molecule has 2 N–H and O–H groups in total. The predicted molar refractivity (Wildman–Crippen MR) is 71.3 cm³/mol. The minimum absolute atomic E-state index is 0.0888. The number of hydrogen-bond acceptors (Lipinski definition) is 5. The van der Waals surface area contributed by atoms with Gasteiger partial charge in [0.25, 0.3) is 0 Å². The van der Waals surface area contributed by atoms with E-state index in [0.717, 1.165) is 16.2 Å². The Morgan fingerprint density at radius 3 is 2.94 bits per heavy atom. The number of rotatable bonds is 3. The molecule has 0 amide bonds. The molecule has 0 radical (unpaired) electrons. The van der Waals surface area contributed by atoms with Crippen molar-refractivity contribution in [1.82, 2.24) is 20.0 Å². The Balaban J connectivity index is 1.86. The summed E-state index contributed by atoms with van der Waals surface area (Å²) in [5, 5.41) is 9.11. The molecule has 3 rings (SSSR count). The molecule has 2 heterocycles. The lowest BCUT2D eigenvalue weighted by Crippen LogP contribution is -2.05. The highest BCUT2D eigenvalue weighted by atomic mass is 32.1. The van der Waals surface area contributed by atoms with Gasteiger partial charge in [-0.1, -0.05) is 17.3 Å². The van der Waals surface area contributed by atoms with Crippen molar-refractivity contribution in [1.29, 1.82) is 0 Å². The second-order valence-corrected chi connectivity index (χ2v) is 5.32. The zero-order valence-electron chi connectivity index (χ0n) is 9.95. The summed E-state index contributed by atoms with van der Waals surface area (Å²) < 4.78 is 2.97. The smallest absolute Gasteiger partial charge is 0.115 e. The van der Waals surface area contributed by atoms with E-state index in [4.69, 9.17) is 5.73 Å². The molecule has 1 unspecified atom stereocenters. The highest BCUT2D eigenvalue weighted by molar-refractivity contribution is 7.18. The van der Waals surface area contributed by atoms with Crippen molar-refractivity contribution in [2.75, 3.05) is 0 Å². The predicted octanol–water partition coefficient (Wildman–Crippen LogP) is 1.96. The van der Waals surface area contributed by atoms with Crippen molar-refractivity contribution in [3.63, 3.8) is 0 Å². The van der Waals surface area contributed by atoms with Crippen molar-refractivity contribution in [3.8, 4) is 0 Å². The normalized spacial score (nSPS) is 13.0. The number of benzene rings is 1. The topological polar surface area (TPSA) is 69.6 Å². The zero-order chi connectivity index (χ0) is 12.5. The molecule has 2 aromatic heterocycles. The van der Waals surface area contributed by atoms with Gasteiger partial charge in [-0.3, -0.25) is 0 Å². The van der Waals surface area contributed by atoms with Crippen molar-refractivity contribution in [3.05, 3.63) is 41.2 Å². The molecule has 92 valence electrons. The summed E-state index contributed by atoms with van der Waals surface area (Å²) in [6.07, 6.45) is 1.87. The van der Waals surface area contributed by atoms with Gasteiger partial charge in [-0.05, 0) is 19.1 Å². The van der Waals surface area contributed by atoms with Crippen LogP contribution >= 0.6 is 11.3 Å². The number of nitrogens with two attached hydrogens (primary N) is 1. The van der Waals surface area contributed by atoms with Crippen molar-refractivity contribution in [2.45, 2.75) is 19.5 Å². The fourth-order valence-corrected chi connectivity index (χ4v) is 2.68. The van der Waals surface area contributed by atoms with E-state index in [-0.39, 0.29) is 6.04 Å². The molecule has 1 aromatic carbocycles. The fraction of sp³-hybridized carbons (Fsp3) is 0.250. The lowest BCUT2D eigenvalue weighted by molar-refractivity contribution is 0.646. The van der Waals surface area contributed by atoms with Gasteiger partial charge in [0.15, 0.2) is 0 Å². The van der Waals surface area contributed by atoms with Crippen molar-refractivity contribution >= 4 is 21.6 Å².